The van der Waals surface area contributed by atoms with E-state index >= 15 is 0 Å². The van der Waals surface area contributed by atoms with Gasteiger partial charge in [0.15, 0.2) is 0 Å². The maximum absolute atomic E-state index is 11.9. The molecule has 2 N–H and O–H groups in total. The van der Waals surface area contributed by atoms with E-state index in [0.29, 0.717) is 18.8 Å². The Hall–Kier alpha value is -2.18. The van der Waals surface area contributed by atoms with Crippen LogP contribution in [-0.2, 0) is 11.3 Å². The van der Waals surface area contributed by atoms with Crippen LogP contribution in [0.1, 0.15) is 19.5 Å². The minimum atomic E-state index is -0.915. The van der Waals surface area contributed by atoms with Gasteiger partial charge in [-0.1, -0.05) is 6.92 Å². The van der Waals surface area contributed by atoms with E-state index in [0.717, 1.165) is 0 Å². The zero-order valence-electron chi connectivity index (χ0n) is 11.0. The first-order chi connectivity index (χ1) is 9.04. The molecule has 7 nitrogen and oxygen atoms in total. The molecule has 0 aliphatic rings. The zero-order chi connectivity index (χ0) is 14.3. The largest absolute Gasteiger partial charge is 0.481 e. The highest BCUT2D eigenvalue weighted by atomic mass is 16.4. The number of nitrogens with zero attached hydrogens (tertiary/aromatic N) is 3. The maximum Gasteiger partial charge on any atom is 0.317 e. The fourth-order valence-corrected chi connectivity index (χ4v) is 1.46. The van der Waals surface area contributed by atoms with Gasteiger partial charge in [-0.15, -0.1) is 0 Å². The number of amides is 2. The quantitative estimate of drug-likeness (QED) is 0.791. The predicted molar refractivity (Wildman–Crippen MR) is 68.3 cm³/mol. The van der Waals surface area contributed by atoms with Crippen LogP contribution >= 0.6 is 0 Å². The normalized spacial score (nSPS) is 11.7. The van der Waals surface area contributed by atoms with Crippen LogP contribution in [0.4, 0.5) is 4.79 Å². The van der Waals surface area contributed by atoms with E-state index < -0.39 is 11.9 Å². The van der Waals surface area contributed by atoms with Crippen LogP contribution in [0.15, 0.2) is 18.6 Å². The number of carbonyl (C=O) groups is 2. The molecule has 0 aliphatic carbocycles. The van der Waals surface area contributed by atoms with Gasteiger partial charge in [0.1, 0.15) is 6.33 Å². The SMILES string of the molecule is CCN(CC(C)C(=O)O)C(=O)NCc1ccncn1. The number of aliphatic carboxylic acids is 1. The lowest BCUT2D eigenvalue weighted by Gasteiger charge is -2.23. The van der Waals surface area contributed by atoms with E-state index in [9.17, 15) is 9.59 Å². The standard InChI is InChI=1S/C12H18N4O3/c1-3-16(7-9(2)11(17)18)12(19)14-6-10-4-5-13-8-15-10/h4-5,8-9H,3,6-7H2,1-2H3,(H,14,19)(H,17,18). The highest BCUT2D eigenvalue weighted by molar-refractivity contribution is 5.75. The van der Waals surface area contributed by atoms with Crippen molar-refractivity contribution < 1.29 is 14.7 Å². The summed E-state index contributed by atoms with van der Waals surface area (Å²) in [6, 6.07) is 1.41. The van der Waals surface area contributed by atoms with Gasteiger partial charge in [-0.3, -0.25) is 4.79 Å². The summed E-state index contributed by atoms with van der Waals surface area (Å²) in [6.07, 6.45) is 3.00. The molecule has 1 rings (SSSR count). The minimum absolute atomic E-state index is 0.182. The average molecular weight is 266 g/mol. The van der Waals surface area contributed by atoms with E-state index in [1.54, 1.807) is 26.1 Å². The number of carboxylic acid groups (broad SMARTS) is 1. The van der Waals surface area contributed by atoms with Crippen molar-refractivity contribution in [3.05, 3.63) is 24.3 Å². The summed E-state index contributed by atoms with van der Waals surface area (Å²) in [5, 5.41) is 11.5. The molecule has 104 valence electrons. The van der Waals surface area contributed by atoms with Crippen molar-refractivity contribution in [1.82, 2.24) is 20.2 Å². The molecule has 1 aromatic heterocycles. The smallest absolute Gasteiger partial charge is 0.317 e. The topological polar surface area (TPSA) is 95.4 Å². The van der Waals surface area contributed by atoms with Crippen molar-refractivity contribution in [2.24, 2.45) is 5.92 Å². The molecule has 0 fully saturated rings. The Morgan fingerprint density at radius 1 is 1.53 bits per heavy atom. The van der Waals surface area contributed by atoms with Gasteiger partial charge in [0.05, 0.1) is 18.2 Å². The third-order valence-electron chi connectivity index (χ3n) is 2.65. The molecule has 1 unspecified atom stereocenters. The number of carboxylic acids is 1. The Kier molecular flexibility index (Phi) is 5.72. The van der Waals surface area contributed by atoms with Crippen LogP contribution < -0.4 is 5.32 Å². The second-order valence-corrected chi connectivity index (χ2v) is 4.14. The van der Waals surface area contributed by atoms with Crippen molar-refractivity contribution in [2.45, 2.75) is 20.4 Å². The van der Waals surface area contributed by atoms with Gasteiger partial charge in [-0.25, -0.2) is 14.8 Å². The van der Waals surface area contributed by atoms with E-state index in [2.05, 4.69) is 15.3 Å². The van der Waals surface area contributed by atoms with Crippen molar-refractivity contribution >= 4 is 12.0 Å². The van der Waals surface area contributed by atoms with E-state index in [-0.39, 0.29) is 12.6 Å². The maximum atomic E-state index is 11.9. The van der Waals surface area contributed by atoms with Gasteiger partial charge >= 0.3 is 12.0 Å². The molecule has 0 radical (unpaired) electrons. The van der Waals surface area contributed by atoms with E-state index in [4.69, 9.17) is 5.11 Å². The van der Waals surface area contributed by atoms with Crippen LogP contribution in [0, 0.1) is 5.92 Å². The summed E-state index contributed by atoms with van der Waals surface area (Å²) in [6.45, 7) is 4.30. The fraction of sp³-hybridized carbons (Fsp3) is 0.500. The first-order valence-corrected chi connectivity index (χ1v) is 6.05. The first kappa shape index (κ1) is 14.9. The number of carbonyl (C=O) groups excluding carboxylic acids is 1. The fourth-order valence-electron chi connectivity index (χ4n) is 1.46. The molecule has 0 saturated carbocycles. The Labute approximate surface area is 111 Å². The lowest BCUT2D eigenvalue weighted by atomic mass is 10.2. The van der Waals surface area contributed by atoms with Gasteiger partial charge < -0.3 is 15.3 Å². The van der Waals surface area contributed by atoms with Gasteiger partial charge in [0, 0.05) is 19.3 Å². The Bertz CT molecular complexity index is 424. The zero-order valence-corrected chi connectivity index (χ0v) is 11.0. The van der Waals surface area contributed by atoms with Crippen LogP contribution in [-0.4, -0.2) is 45.1 Å². The molecule has 1 atom stereocenters. The number of aromatic nitrogens is 2. The third-order valence-corrected chi connectivity index (χ3v) is 2.65. The summed E-state index contributed by atoms with van der Waals surface area (Å²) in [4.78, 5) is 31.9. The molecule has 1 aromatic rings. The van der Waals surface area contributed by atoms with Crippen molar-refractivity contribution in [1.29, 1.82) is 0 Å². The summed E-state index contributed by atoms with van der Waals surface area (Å²) in [7, 11) is 0. The Morgan fingerprint density at radius 3 is 2.79 bits per heavy atom. The summed E-state index contributed by atoms with van der Waals surface area (Å²) < 4.78 is 0. The molecule has 0 aromatic carbocycles. The van der Waals surface area contributed by atoms with Crippen LogP contribution in [0.2, 0.25) is 0 Å². The number of hydrogen-bond donors (Lipinski definition) is 2. The van der Waals surface area contributed by atoms with Crippen LogP contribution in [0.3, 0.4) is 0 Å². The van der Waals surface area contributed by atoms with Crippen molar-refractivity contribution in [2.75, 3.05) is 13.1 Å². The van der Waals surface area contributed by atoms with Gasteiger partial charge in [-0.2, -0.15) is 0 Å². The lowest BCUT2D eigenvalue weighted by Crippen LogP contribution is -2.43. The average Bonchev–Trinajstić information content (AvgIpc) is 2.42. The molecule has 0 saturated heterocycles. The number of hydrogen-bond acceptors (Lipinski definition) is 4. The molecule has 0 aliphatic heterocycles. The van der Waals surface area contributed by atoms with E-state index in [1.807, 2.05) is 0 Å². The number of nitrogens with one attached hydrogen (secondary N) is 1. The van der Waals surface area contributed by atoms with Crippen LogP contribution in [0.25, 0.3) is 0 Å². The molecule has 1 heterocycles. The van der Waals surface area contributed by atoms with Gasteiger partial charge in [0.2, 0.25) is 0 Å². The van der Waals surface area contributed by atoms with E-state index in [1.165, 1.54) is 11.2 Å². The molecule has 0 bridgehead atoms. The second-order valence-electron chi connectivity index (χ2n) is 4.14. The predicted octanol–water partition coefficient (Wildman–Crippen LogP) is 0.729. The number of urea groups is 1. The van der Waals surface area contributed by atoms with Crippen LogP contribution in [0.5, 0.6) is 0 Å². The second kappa shape index (κ2) is 7.30. The molecular formula is C12H18N4O3. The Balaban J connectivity index is 2.48. The highest BCUT2D eigenvalue weighted by Gasteiger charge is 2.18. The minimum Gasteiger partial charge on any atom is -0.481 e. The summed E-state index contributed by atoms with van der Waals surface area (Å²) in [5.74, 6) is -1.51. The molecule has 2 amide bonds. The number of rotatable bonds is 6. The van der Waals surface area contributed by atoms with Crippen molar-refractivity contribution in [3.63, 3.8) is 0 Å². The molecule has 19 heavy (non-hydrogen) atoms. The lowest BCUT2D eigenvalue weighted by molar-refractivity contribution is -0.141. The molecular weight excluding hydrogens is 248 g/mol. The first-order valence-electron chi connectivity index (χ1n) is 6.05. The Morgan fingerprint density at radius 2 is 2.26 bits per heavy atom. The molecule has 0 spiro atoms. The monoisotopic (exact) mass is 266 g/mol. The third kappa shape index (κ3) is 4.90. The summed E-state index contributed by atoms with van der Waals surface area (Å²) >= 11 is 0. The highest BCUT2D eigenvalue weighted by Crippen LogP contribution is 2.01. The summed E-state index contributed by atoms with van der Waals surface area (Å²) in [5.41, 5.74) is 0.700. The van der Waals surface area contributed by atoms with Gasteiger partial charge in [0.25, 0.3) is 0 Å². The van der Waals surface area contributed by atoms with Gasteiger partial charge in [-0.05, 0) is 13.0 Å². The molecule has 7 heteroatoms. The van der Waals surface area contributed by atoms with Crippen molar-refractivity contribution in [3.8, 4) is 0 Å².